The van der Waals surface area contributed by atoms with E-state index in [1.807, 2.05) is 48.5 Å². The lowest BCUT2D eigenvalue weighted by Crippen LogP contribution is -2.02. The van der Waals surface area contributed by atoms with Crippen LogP contribution in [0.2, 0.25) is 0 Å². The standard InChI is InChI=1S/2C18H26O3/c1-3-4-5-6-7-8-15-21-18(19)14-11-16-9-12-17(20-2)13-10-16;1-3-4-5-6-7-8-9-16(18(19)20)14-15-10-12-17(21-2)13-11-15/h9-14H,3-8,15H2,1-2H3;10-14H,3-9H2,1-2H3,(H,19,20). The molecule has 0 amide bonds. The first-order valence-electron chi connectivity index (χ1n) is 15.5. The molecule has 0 aliphatic carbocycles. The molecule has 0 atom stereocenters. The van der Waals surface area contributed by atoms with Gasteiger partial charge in [0.05, 0.1) is 20.8 Å². The maximum atomic E-state index is 11.5. The van der Waals surface area contributed by atoms with Crippen LogP contribution in [0, 0.1) is 0 Å². The van der Waals surface area contributed by atoms with E-state index in [0.717, 1.165) is 48.3 Å². The van der Waals surface area contributed by atoms with Crippen LogP contribution in [0.15, 0.2) is 60.2 Å². The van der Waals surface area contributed by atoms with Crippen LogP contribution < -0.4 is 9.47 Å². The lowest BCUT2D eigenvalue weighted by atomic mass is 10.0. The first kappa shape index (κ1) is 36.5. The Morgan fingerprint density at radius 3 is 1.64 bits per heavy atom. The molecule has 1 N–H and O–H groups in total. The van der Waals surface area contributed by atoms with Crippen molar-refractivity contribution in [1.82, 2.24) is 0 Å². The lowest BCUT2D eigenvalue weighted by Gasteiger charge is -2.04. The summed E-state index contributed by atoms with van der Waals surface area (Å²) in [7, 11) is 3.25. The minimum absolute atomic E-state index is 0.278. The summed E-state index contributed by atoms with van der Waals surface area (Å²) < 4.78 is 15.3. The molecule has 2 aromatic carbocycles. The molecule has 0 aromatic heterocycles. The van der Waals surface area contributed by atoms with Crippen molar-refractivity contribution in [2.45, 2.75) is 97.3 Å². The molecule has 0 aliphatic heterocycles. The summed E-state index contributed by atoms with van der Waals surface area (Å²) in [5.41, 5.74) is 2.34. The Balaban J connectivity index is 0.000000420. The predicted octanol–water partition coefficient (Wildman–Crippen LogP) is 9.53. The number of ether oxygens (including phenoxy) is 3. The molecule has 0 unspecified atom stereocenters. The second-order valence-electron chi connectivity index (χ2n) is 10.3. The Morgan fingerprint density at radius 2 is 1.14 bits per heavy atom. The molecule has 2 rings (SSSR count). The fraction of sp³-hybridized carbons (Fsp3) is 0.500. The van der Waals surface area contributed by atoms with Crippen LogP contribution in [0.25, 0.3) is 12.2 Å². The number of hydrogen-bond acceptors (Lipinski definition) is 5. The number of carboxylic acid groups (broad SMARTS) is 1. The highest BCUT2D eigenvalue weighted by atomic mass is 16.5. The second kappa shape index (κ2) is 24.1. The highest BCUT2D eigenvalue weighted by Crippen LogP contribution is 2.18. The normalized spacial score (nSPS) is 11.1. The number of unbranched alkanes of at least 4 members (excludes halogenated alkanes) is 10. The first-order chi connectivity index (χ1) is 20.4. The number of esters is 1. The van der Waals surface area contributed by atoms with Gasteiger partial charge in [0.2, 0.25) is 0 Å². The molecule has 0 saturated carbocycles. The summed E-state index contributed by atoms with van der Waals surface area (Å²) in [5, 5.41) is 9.28. The number of methoxy groups -OCH3 is 2. The van der Waals surface area contributed by atoms with E-state index >= 15 is 0 Å². The molecule has 0 aliphatic rings. The Hall–Kier alpha value is -3.54. The van der Waals surface area contributed by atoms with Crippen LogP contribution in [-0.2, 0) is 14.3 Å². The number of carboxylic acids is 1. The van der Waals surface area contributed by atoms with Crippen LogP contribution in [0.4, 0.5) is 0 Å². The summed E-state index contributed by atoms with van der Waals surface area (Å²) in [5.74, 6) is 0.483. The van der Waals surface area contributed by atoms with E-state index in [1.54, 1.807) is 26.4 Å². The monoisotopic (exact) mass is 580 g/mol. The van der Waals surface area contributed by atoms with Gasteiger partial charge in [-0.15, -0.1) is 0 Å². The van der Waals surface area contributed by atoms with Gasteiger partial charge in [-0.05, 0) is 66.8 Å². The van der Waals surface area contributed by atoms with Gasteiger partial charge in [0.25, 0.3) is 0 Å². The third-order valence-corrected chi connectivity index (χ3v) is 6.80. The van der Waals surface area contributed by atoms with E-state index in [0.29, 0.717) is 18.6 Å². The minimum atomic E-state index is -0.820. The van der Waals surface area contributed by atoms with E-state index in [9.17, 15) is 14.7 Å². The maximum Gasteiger partial charge on any atom is 0.331 e. The number of aliphatic carboxylic acids is 1. The molecular weight excluding hydrogens is 528 g/mol. The zero-order valence-electron chi connectivity index (χ0n) is 26.2. The SMILES string of the molecule is CCCCCCCCC(=Cc1ccc(OC)cc1)C(=O)O.CCCCCCCCOC(=O)C=Cc1ccc(OC)cc1. The summed E-state index contributed by atoms with van der Waals surface area (Å²) >= 11 is 0. The number of benzene rings is 2. The smallest absolute Gasteiger partial charge is 0.331 e. The Morgan fingerprint density at radius 1 is 0.667 bits per heavy atom. The number of rotatable bonds is 20. The lowest BCUT2D eigenvalue weighted by molar-refractivity contribution is -0.137. The molecule has 0 bridgehead atoms. The van der Waals surface area contributed by atoms with Crippen LogP contribution in [-0.4, -0.2) is 37.9 Å². The topological polar surface area (TPSA) is 82.1 Å². The summed E-state index contributed by atoms with van der Waals surface area (Å²) in [4.78, 5) is 22.8. The number of carbonyl (C=O) groups excluding carboxylic acids is 1. The van der Waals surface area contributed by atoms with E-state index in [-0.39, 0.29) is 5.97 Å². The molecule has 0 radical (unpaired) electrons. The number of hydrogen-bond donors (Lipinski definition) is 1. The fourth-order valence-electron chi connectivity index (χ4n) is 4.22. The minimum Gasteiger partial charge on any atom is -0.497 e. The van der Waals surface area contributed by atoms with Gasteiger partial charge in [0.15, 0.2) is 0 Å². The van der Waals surface area contributed by atoms with Crippen molar-refractivity contribution in [1.29, 1.82) is 0 Å². The van der Waals surface area contributed by atoms with Gasteiger partial charge < -0.3 is 19.3 Å². The molecule has 0 fully saturated rings. The van der Waals surface area contributed by atoms with E-state index in [1.165, 1.54) is 57.4 Å². The Bertz CT molecular complexity index is 1040. The third kappa shape index (κ3) is 18.0. The van der Waals surface area contributed by atoms with Crippen molar-refractivity contribution in [3.05, 3.63) is 71.3 Å². The third-order valence-electron chi connectivity index (χ3n) is 6.80. The van der Waals surface area contributed by atoms with Crippen molar-refractivity contribution in [2.75, 3.05) is 20.8 Å². The van der Waals surface area contributed by atoms with Gasteiger partial charge in [0.1, 0.15) is 11.5 Å². The van der Waals surface area contributed by atoms with Gasteiger partial charge >= 0.3 is 11.9 Å². The largest absolute Gasteiger partial charge is 0.497 e. The highest BCUT2D eigenvalue weighted by molar-refractivity contribution is 5.92. The highest BCUT2D eigenvalue weighted by Gasteiger charge is 2.07. The predicted molar refractivity (Wildman–Crippen MR) is 173 cm³/mol. The van der Waals surface area contributed by atoms with Gasteiger partial charge in [-0.3, -0.25) is 0 Å². The van der Waals surface area contributed by atoms with E-state index < -0.39 is 5.97 Å². The Labute approximate surface area is 253 Å². The molecule has 0 saturated heterocycles. The average Bonchev–Trinajstić information content (AvgIpc) is 3.01. The van der Waals surface area contributed by atoms with E-state index in [2.05, 4.69) is 13.8 Å². The van der Waals surface area contributed by atoms with Gasteiger partial charge in [-0.1, -0.05) is 102 Å². The molecule has 6 nitrogen and oxygen atoms in total. The van der Waals surface area contributed by atoms with Crippen LogP contribution in [0.5, 0.6) is 11.5 Å². The summed E-state index contributed by atoms with van der Waals surface area (Å²) in [6.07, 6.45) is 19.8. The molecule has 232 valence electrons. The average molecular weight is 581 g/mol. The first-order valence-corrected chi connectivity index (χ1v) is 15.5. The molecule has 0 heterocycles. The molecule has 6 heteroatoms. The van der Waals surface area contributed by atoms with Crippen molar-refractivity contribution in [3.8, 4) is 11.5 Å². The van der Waals surface area contributed by atoms with Crippen molar-refractivity contribution >= 4 is 24.1 Å². The van der Waals surface area contributed by atoms with Crippen LogP contribution in [0.1, 0.15) is 108 Å². The second-order valence-corrected chi connectivity index (χ2v) is 10.3. The van der Waals surface area contributed by atoms with Gasteiger partial charge in [-0.25, -0.2) is 9.59 Å². The van der Waals surface area contributed by atoms with Gasteiger partial charge in [-0.2, -0.15) is 0 Å². The quantitative estimate of drug-likeness (QED) is 0.0954. The number of carbonyl (C=O) groups is 2. The fourth-order valence-corrected chi connectivity index (χ4v) is 4.22. The van der Waals surface area contributed by atoms with Crippen LogP contribution >= 0.6 is 0 Å². The van der Waals surface area contributed by atoms with Crippen molar-refractivity contribution in [3.63, 3.8) is 0 Å². The van der Waals surface area contributed by atoms with E-state index in [4.69, 9.17) is 14.2 Å². The Kier molecular flexibility index (Phi) is 20.9. The maximum absolute atomic E-state index is 11.5. The van der Waals surface area contributed by atoms with Gasteiger partial charge in [0, 0.05) is 11.6 Å². The summed E-state index contributed by atoms with van der Waals surface area (Å²) in [6.45, 7) is 4.91. The molecule has 0 spiro atoms. The van der Waals surface area contributed by atoms with Crippen molar-refractivity contribution in [2.24, 2.45) is 0 Å². The zero-order chi connectivity index (χ0) is 30.8. The zero-order valence-corrected chi connectivity index (χ0v) is 26.2. The molecule has 42 heavy (non-hydrogen) atoms. The molecule has 2 aromatic rings. The molecular formula is C36H52O6. The van der Waals surface area contributed by atoms with Crippen LogP contribution in [0.3, 0.4) is 0 Å². The summed E-state index contributed by atoms with van der Waals surface area (Å²) in [6, 6.07) is 15.0. The van der Waals surface area contributed by atoms with Crippen molar-refractivity contribution < 1.29 is 28.9 Å².